The van der Waals surface area contributed by atoms with E-state index in [0.717, 1.165) is 0 Å². The Balaban J connectivity index is 2.01. The number of ether oxygens (including phenoxy) is 2. The maximum atomic E-state index is 14.4. The molecule has 3 amide bonds. The number of amides is 3. The summed E-state index contributed by atoms with van der Waals surface area (Å²) in [5.41, 5.74) is 0.732. The Labute approximate surface area is 205 Å². The third-order valence-corrected chi connectivity index (χ3v) is 6.13. The molecule has 0 saturated carbocycles. The van der Waals surface area contributed by atoms with E-state index in [1.54, 1.807) is 43.3 Å². The van der Waals surface area contributed by atoms with Gasteiger partial charge in [0.05, 0.1) is 23.3 Å². The predicted molar refractivity (Wildman–Crippen MR) is 130 cm³/mol. The fourth-order valence-electron chi connectivity index (χ4n) is 4.13. The molecule has 1 aliphatic rings. The number of fused-ring (bicyclic) bond motifs is 1. The van der Waals surface area contributed by atoms with Gasteiger partial charge in [0.2, 0.25) is 5.91 Å². The molecule has 3 atom stereocenters. The molecule has 2 aromatic carbocycles. The highest BCUT2D eigenvalue weighted by molar-refractivity contribution is 5.99. The second kappa shape index (κ2) is 11.3. The van der Waals surface area contributed by atoms with Crippen molar-refractivity contribution in [1.29, 1.82) is 0 Å². The van der Waals surface area contributed by atoms with Crippen molar-refractivity contribution in [3.63, 3.8) is 0 Å². The first-order valence-electron chi connectivity index (χ1n) is 11.5. The lowest BCUT2D eigenvalue weighted by Crippen LogP contribution is -2.48. The van der Waals surface area contributed by atoms with Gasteiger partial charge in [0.25, 0.3) is 11.8 Å². The van der Waals surface area contributed by atoms with Crippen molar-refractivity contribution in [1.82, 2.24) is 9.80 Å². The van der Waals surface area contributed by atoms with Crippen molar-refractivity contribution in [3.05, 3.63) is 59.4 Å². The minimum Gasteiger partial charge on any atom is -0.491 e. The summed E-state index contributed by atoms with van der Waals surface area (Å²) in [6, 6.07) is 10.3. The third kappa shape index (κ3) is 6.16. The first kappa shape index (κ1) is 26.2. The van der Waals surface area contributed by atoms with Crippen molar-refractivity contribution in [3.8, 4) is 5.75 Å². The molecule has 0 fully saturated rings. The van der Waals surface area contributed by atoms with E-state index in [-0.39, 0.29) is 54.7 Å². The molecule has 0 bridgehead atoms. The van der Waals surface area contributed by atoms with Gasteiger partial charge in [-0.25, -0.2) is 4.39 Å². The zero-order valence-electron chi connectivity index (χ0n) is 20.7. The maximum absolute atomic E-state index is 14.4. The summed E-state index contributed by atoms with van der Waals surface area (Å²) >= 11 is 0. The van der Waals surface area contributed by atoms with Crippen molar-refractivity contribution >= 4 is 23.4 Å². The topological polar surface area (TPSA) is 88.2 Å². The fraction of sp³-hybridized carbons (Fsp3) is 0.423. The normalized spacial score (nSPS) is 21.3. The maximum Gasteiger partial charge on any atom is 0.257 e. The van der Waals surface area contributed by atoms with Gasteiger partial charge < -0.3 is 24.6 Å². The molecule has 1 heterocycles. The van der Waals surface area contributed by atoms with E-state index in [0.29, 0.717) is 11.4 Å². The summed E-state index contributed by atoms with van der Waals surface area (Å²) in [5.74, 6) is -1.42. The molecule has 8 nitrogen and oxygen atoms in total. The van der Waals surface area contributed by atoms with Gasteiger partial charge in [-0.3, -0.25) is 14.4 Å². The average molecular weight is 486 g/mol. The molecule has 9 heteroatoms. The number of nitrogens with one attached hydrogen (secondary N) is 1. The number of likely N-dealkylation sites (N-methyl/N-ethyl adjacent to an activating group) is 1. The van der Waals surface area contributed by atoms with Gasteiger partial charge in [0.1, 0.15) is 18.2 Å². The lowest BCUT2D eigenvalue weighted by molar-refractivity contribution is -0.114. The monoisotopic (exact) mass is 485 g/mol. The van der Waals surface area contributed by atoms with Crippen LogP contribution in [-0.4, -0.2) is 73.5 Å². The molecule has 0 spiro atoms. The molecule has 0 saturated heterocycles. The average Bonchev–Trinajstić information content (AvgIpc) is 2.82. The van der Waals surface area contributed by atoms with Crippen LogP contribution in [0, 0.1) is 11.7 Å². The molecule has 1 N–H and O–H groups in total. The van der Waals surface area contributed by atoms with Crippen LogP contribution in [0.15, 0.2) is 42.5 Å². The number of carbonyl (C=O) groups is 3. The fourth-order valence-corrected chi connectivity index (χ4v) is 4.13. The number of carbonyl (C=O) groups excluding carboxylic acids is 3. The predicted octanol–water partition coefficient (Wildman–Crippen LogP) is 3.43. The van der Waals surface area contributed by atoms with Gasteiger partial charge in [-0.05, 0) is 37.3 Å². The Hall–Kier alpha value is -3.46. The minimum absolute atomic E-state index is 0.0137. The highest BCUT2D eigenvalue weighted by Crippen LogP contribution is 2.27. The third-order valence-electron chi connectivity index (χ3n) is 6.13. The first-order chi connectivity index (χ1) is 16.6. The molecule has 0 unspecified atom stereocenters. The summed E-state index contributed by atoms with van der Waals surface area (Å²) in [4.78, 5) is 41.3. The van der Waals surface area contributed by atoms with E-state index in [9.17, 15) is 18.8 Å². The number of halogens is 1. The van der Waals surface area contributed by atoms with Crippen molar-refractivity contribution in [2.45, 2.75) is 32.9 Å². The van der Waals surface area contributed by atoms with Crippen molar-refractivity contribution in [2.24, 2.45) is 5.92 Å². The van der Waals surface area contributed by atoms with Crippen LogP contribution in [0.25, 0.3) is 0 Å². The van der Waals surface area contributed by atoms with Gasteiger partial charge in [-0.1, -0.05) is 19.1 Å². The number of methoxy groups -OCH3 is 1. The van der Waals surface area contributed by atoms with Crippen LogP contribution < -0.4 is 10.1 Å². The summed E-state index contributed by atoms with van der Waals surface area (Å²) < 4.78 is 26.1. The van der Waals surface area contributed by atoms with Crippen LogP contribution >= 0.6 is 0 Å². The molecule has 0 aromatic heterocycles. The van der Waals surface area contributed by atoms with Crippen LogP contribution in [-0.2, 0) is 9.53 Å². The Bertz CT molecular complexity index is 1090. The van der Waals surface area contributed by atoms with E-state index in [1.807, 2.05) is 13.8 Å². The number of anilines is 1. The molecular weight excluding hydrogens is 453 g/mol. The van der Waals surface area contributed by atoms with Crippen molar-refractivity contribution in [2.75, 3.05) is 39.2 Å². The van der Waals surface area contributed by atoms with Gasteiger partial charge in [0.15, 0.2) is 0 Å². The van der Waals surface area contributed by atoms with Gasteiger partial charge in [0, 0.05) is 45.8 Å². The lowest BCUT2D eigenvalue weighted by atomic mass is 10.0. The smallest absolute Gasteiger partial charge is 0.257 e. The Morgan fingerprint density at radius 2 is 1.86 bits per heavy atom. The molecular formula is C26H32FN3O5. The Kier molecular flexibility index (Phi) is 8.45. The standard InChI is InChI=1S/C26H32FN3O5/c1-16-13-30(26(33)20-8-6-7-9-22(20)27)17(2)15-35-23-11-10-19(28-18(3)31)12-21(23)25(32)29(4)14-24(16)34-5/h6-12,16-17,24H,13-15H2,1-5H3,(H,28,31)/t16-,17-,24-/m1/s1. The highest BCUT2D eigenvalue weighted by Gasteiger charge is 2.31. The van der Waals surface area contributed by atoms with Gasteiger partial charge in [-0.15, -0.1) is 0 Å². The largest absolute Gasteiger partial charge is 0.491 e. The molecule has 35 heavy (non-hydrogen) atoms. The number of hydrogen-bond acceptors (Lipinski definition) is 5. The van der Waals surface area contributed by atoms with Crippen molar-refractivity contribution < 1.29 is 28.2 Å². The second-order valence-corrected chi connectivity index (χ2v) is 8.93. The summed E-state index contributed by atoms with van der Waals surface area (Å²) in [6.45, 7) is 5.75. The quantitative estimate of drug-likeness (QED) is 0.720. The number of rotatable bonds is 3. The zero-order chi connectivity index (χ0) is 25.7. The molecule has 3 rings (SSSR count). The highest BCUT2D eigenvalue weighted by atomic mass is 19.1. The SMILES string of the molecule is CO[C@@H]1CN(C)C(=O)c2cc(NC(C)=O)ccc2OC[C@@H](C)N(C(=O)c2ccccc2F)C[C@H]1C. The zero-order valence-corrected chi connectivity index (χ0v) is 20.7. The first-order valence-corrected chi connectivity index (χ1v) is 11.5. The van der Waals surface area contributed by atoms with E-state index < -0.39 is 17.8 Å². The second-order valence-electron chi connectivity index (χ2n) is 8.93. The van der Waals surface area contributed by atoms with E-state index in [1.165, 1.54) is 30.0 Å². The van der Waals surface area contributed by atoms with Crippen LogP contribution in [0.5, 0.6) is 5.75 Å². The molecule has 1 aliphatic heterocycles. The van der Waals surface area contributed by atoms with Crippen LogP contribution in [0.3, 0.4) is 0 Å². The molecule has 188 valence electrons. The summed E-state index contributed by atoms with van der Waals surface area (Å²) in [6.07, 6.45) is -0.380. The van der Waals surface area contributed by atoms with Gasteiger partial charge >= 0.3 is 0 Å². The summed E-state index contributed by atoms with van der Waals surface area (Å²) in [7, 11) is 3.22. The number of benzene rings is 2. The Morgan fingerprint density at radius 3 is 2.51 bits per heavy atom. The lowest BCUT2D eigenvalue weighted by Gasteiger charge is -2.36. The Morgan fingerprint density at radius 1 is 1.14 bits per heavy atom. The molecule has 2 aromatic rings. The molecule has 0 radical (unpaired) electrons. The van der Waals surface area contributed by atoms with E-state index >= 15 is 0 Å². The van der Waals surface area contributed by atoms with Crippen LogP contribution in [0.2, 0.25) is 0 Å². The molecule has 0 aliphatic carbocycles. The number of nitrogens with zero attached hydrogens (tertiary/aromatic N) is 2. The number of hydrogen-bond donors (Lipinski definition) is 1. The van der Waals surface area contributed by atoms with E-state index in [2.05, 4.69) is 5.32 Å². The van der Waals surface area contributed by atoms with E-state index in [4.69, 9.17) is 9.47 Å². The summed E-state index contributed by atoms with van der Waals surface area (Å²) in [5, 5.41) is 2.68. The van der Waals surface area contributed by atoms with Crippen LogP contribution in [0.1, 0.15) is 41.5 Å². The minimum atomic E-state index is -0.589. The van der Waals surface area contributed by atoms with Crippen LogP contribution in [0.4, 0.5) is 10.1 Å². The van der Waals surface area contributed by atoms with Gasteiger partial charge in [-0.2, -0.15) is 0 Å².